The van der Waals surface area contributed by atoms with E-state index in [4.69, 9.17) is 28.4 Å². The lowest BCUT2D eigenvalue weighted by molar-refractivity contribution is -0.152. The average Bonchev–Trinajstić information content (AvgIpc) is 2.71. The van der Waals surface area contributed by atoms with E-state index in [2.05, 4.69) is 73.1 Å². The molecule has 23 nitrogen and oxygen atoms in total. The van der Waals surface area contributed by atoms with Gasteiger partial charge in [-0.05, 0) is 91.1 Å². The fourth-order valence-electron chi connectivity index (χ4n) is 11.4. The quantitative estimate of drug-likeness (QED) is 0.0303. The third-order valence-electron chi connectivity index (χ3n) is 16.3. The number of nitrogens with zero attached hydrogens (tertiary/aromatic N) is 10. The first-order valence-electron chi connectivity index (χ1n) is 34.0. The zero-order valence-electron chi connectivity index (χ0n) is 55.1. The monoisotopic (exact) mass is 1240 g/mol. The molecule has 0 aliphatic carbocycles. The van der Waals surface area contributed by atoms with Crippen molar-refractivity contribution in [2.75, 3.05) is 33.8 Å². The number of likely N-dealkylation sites (N-methyl/N-ethyl adjacent to an activating group) is 1. The number of hydrazine groups is 2. The van der Waals surface area contributed by atoms with Crippen molar-refractivity contribution in [1.29, 1.82) is 0 Å². The summed E-state index contributed by atoms with van der Waals surface area (Å²) in [7, 11) is 3.80. The van der Waals surface area contributed by atoms with E-state index in [1.807, 2.05) is 19.0 Å². The van der Waals surface area contributed by atoms with Crippen LogP contribution < -0.4 is 22.2 Å². The molecule has 0 radical (unpaired) electrons. The van der Waals surface area contributed by atoms with Gasteiger partial charge in [-0.3, -0.25) is 33.3 Å². The van der Waals surface area contributed by atoms with E-state index in [9.17, 15) is 24.0 Å². The van der Waals surface area contributed by atoms with Crippen LogP contribution in [0.5, 0.6) is 0 Å². The van der Waals surface area contributed by atoms with E-state index in [1.54, 1.807) is 17.4 Å². The second kappa shape index (κ2) is 42.5. The number of nitrogens with one attached hydrogen (secondary N) is 2. The van der Waals surface area contributed by atoms with Gasteiger partial charge in [0.05, 0.1) is 37.8 Å². The van der Waals surface area contributed by atoms with Crippen LogP contribution in [0, 0.1) is 0 Å². The van der Waals surface area contributed by atoms with Gasteiger partial charge in [-0.1, -0.05) is 168 Å². The van der Waals surface area contributed by atoms with Crippen molar-refractivity contribution in [3.8, 4) is 0 Å². The Hall–Kier alpha value is -5.49. The molecule has 0 saturated carbocycles. The number of ether oxygens (including phenoxy) is 6. The zero-order valence-corrected chi connectivity index (χ0v) is 55.1. The first-order chi connectivity index (χ1) is 42.8. The molecule has 0 amide bonds. The first-order valence-corrected chi connectivity index (χ1v) is 34.0. The Kier molecular flexibility index (Phi) is 35.4. The molecule has 0 aromatic carbocycles. The molecule has 1 saturated heterocycles. The molecule has 23 heteroatoms. The Morgan fingerprint density at radius 2 is 1.00 bits per heavy atom. The van der Waals surface area contributed by atoms with E-state index in [0.29, 0.717) is 17.9 Å². The summed E-state index contributed by atoms with van der Waals surface area (Å²) in [4.78, 5) is 70.5. The van der Waals surface area contributed by atoms with E-state index in [-0.39, 0.29) is 75.3 Å². The Morgan fingerprint density at radius 3 is 1.45 bits per heavy atom. The summed E-state index contributed by atoms with van der Waals surface area (Å²) in [5.41, 5.74) is 6.20. The molecule has 3 aromatic heterocycles. The van der Waals surface area contributed by atoms with Gasteiger partial charge in [0.2, 0.25) is 0 Å². The normalized spacial score (nSPS) is 16.8. The molecule has 0 bridgehead atoms. The topological polar surface area (TPSA) is 243 Å². The summed E-state index contributed by atoms with van der Waals surface area (Å²) in [6.07, 6.45) is 33.6. The van der Waals surface area contributed by atoms with Gasteiger partial charge in [-0.15, -0.1) is 15.7 Å². The highest BCUT2D eigenvalue weighted by molar-refractivity contribution is 5.72. The predicted molar refractivity (Wildman–Crippen MR) is 338 cm³/mol. The van der Waals surface area contributed by atoms with Gasteiger partial charge in [0.25, 0.3) is 5.56 Å². The fraction of sp³-hybridized carbons (Fsp3) is 0.800. The Morgan fingerprint density at radius 1 is 0.568 bits per heavy atom. The van der Waals surface area contributed by atoms with Crippen molar-refractivity contribution in [3.63, 3.8) is 0 Å². The number of carbonyl (C=O) groups is 3. The highest BCUT2D eigenvalue weighted by Crippen LogP contribution is 2.34. The molecule has 0 unspecified atom stereocenters. The number of hydrogen-bond acceptors (Lipinski definition) is 19. The van der Waals surface area contributed by atoms with Gasteiger partial charge in [0.1, 0.15) is 67.6 Å². The van der Waals surface area contributed by atoms with Crippen LogP contribution in [-0.4, -0.2) is 137 Å². The van der Waals surface area contributed by atoms with Crippen LogP contribution in [0.2, 0.25) is 0 Å². The summed E-state index contributed by atoms with van der Waals surface area (Å²) < 4.78 is 43.5. The second-order valence-electron chi connectivity index (χ2n) is 24.6. The Balaban J connectivity index is 1.35. The van der Waals surface area contributed by atoms with Gasteiger partial charge in [-0.25, -0.2) is 14.2 Å². The van der Waals surface area contributed by atoms with E-state index >= 15 is 0 Å². The van der Waals surface area contributed by atoms with Crippen molar-refractivity contribution in [2.45, 2.75) is 303 Å². The number of hydrogen-bond donors (Lipinski definition) is 2. The summed E-state index contributed by atoms with van der Waals surface area (Å²) in [5, 5.41) is 18.7. The number of esters is 3. The molecular weight excluding hydrogens is 1120 g/mol. The third kappa shape index (κ3) is 27.3. The van der Waals surface area contributed by atoms with Crippen LogP contribution in [0.4, 0.5) is 0 Å². The second-order valence-corrected chi connectivity index (χ2v) is 24.6. The minimum atomic E-state index is -1.12. The molecule has 88 heavy (non-hydrogen) atoms. The number of carbonyl (C=O) groups excluding carboxylic acids is 3. The lowest BCUT2D eigenvalue weighted by Crippen LogP contribution is -2.45. The van der Waals surface area contributed by atoms with Crippen molar-refractivity contribution < 1.29 is 42.8 Å². The van der Waals surface area contributed by atoms with Gasteiger partial charge in [0.15, 0.2) is 6.23 Å². The van der Waals surface area contributed by atoms with Gasteiger partial charge in [-0.2, -0.15) is 0 Å². The predicted octanol–water partition coefficient (Wildman–Crippen LogP) is 10.4. The molecule has 1 fully saturated rings. The van der Waals surface area contributed by atoms with Gasteiger partial charge in [0, 0.05) is 25.0 Å². The smallest absolute Gasteiger partial charge is 0.333 e. The van der Waals surface area contributed by atoms with Crippen LogP contribution in [0.25, 0.3) is 0 Å². The molecular formula is C65H112N12O11. The number of unbranched alkanes of at least 4 members (excludes halogenated alkanes) is 18. The minimum absolute atomic E-state index is 0.0211. The molecule has 5 rings (SSSR count). The molecule has 2 N–H and O–H groups in total. The van der Waals surface area contributed by atoms with Crippen LogP contribution in [0.3, 0.4) is 0 Å². The van der Waals surface area contributed by atoms with Crippen molar-refractivity contribution in [2.24, 2.45) is 0 Å². The SMILES string of the molecule is CCCCCCC(CCCCCC)OC(=O)CN1C=C(CO[C@H]2[C@@H](OCc3cn(CC(=O)OC(CCCCCC)CCCCCC)nn3)[C@H](n3ccc(=O)n(Cc4cn(CC(=O)OC(CCCCCC)CCCCCC)nn4)c3=O)O[C@@H]2CN(C)C)NN1. The van der Waals surface area contributed by atoms with E-state index < -0.39 is 41.8 Å². The third-order valence-corrected chi connectivity index (χ3v) is 16.3. The number of aromatic nitrogens is 8. The van der Waals surface area contributed by atoms with Crippen LogP contribution >= 0.6 is 0 Å². The molecule has 2 aliphatic rings. The summed E-state index contributed by atoms with van der Waals surface area (Å²) in [6, 6.07) is 1.28. The van der Waals surface area contributed by atoms with Crippen molar-refractivity contribution in [3.05, 3.63) is 68.8 Å². The zero-order chi connectivity index (χ0) is 63.3. The lowest BCUT2D eigenvalue weighted by atomic mass is 10.0. The van der Waals surface area contributed by atoms with E-state index in [1.165, 1.54) is 32.4 Å². The minimum Gasteiger partial charge on any atom is -0.461 e. The Bertz CT molecular complexity index is 2530. The molecule has 4 atom stereocenters. The maximum absolute atomic E-state index is 14.7. The van der Waals surface area contributed by atoms with Gasteiger partial charge >= 0.3 is 23.6 Å². The van der Waals surface area contributed by atoms with Crippen LogP contribution in [0.15, 0.2) is 46.1 Å². The highest BCUT2D eigenvalue weighted by atomic mass is 16.6. The maximum Gasteiger partial charge on any atom is 0.333 e. The summed E-state index contributed by atoms with van der Waals surface area (Å²) in [6.45, 7) is 12.8. The van der Waals surface area contributed by atoms with Gasteiger partial charge < -0.3 is 38.7 Å². The average molecular weight is 1240 g/mol. The molecule has 498 valence electrons. The standard InChI is InChI=1S/C65H112N12O11/c1-9-15-21-27-33-54(34-28-22-16-10-2)85-59(79)46-73-41-51(66-69-73)44-77-58(78)39-40-76(65(77)82)64-63(84-50-53-43-75(71-68-53)48-61(81)87-56(37-31-25-19-13-5)38-32-26-20-14-6)62(57(88-64)45-72(7)8)83-49-52-42-74(70-67-52)47-60(80)86-55(35-29-23-17-11-3)36-30-24-18-12-4/h39-43,54-57,62-64,67,70H,9-38,44-50H2,1-8H3/t57-,62-,63-,64-/m1/s1. The molecule has 5 heterocycles. The van der Waals surface area contributed by atoms with Crippen molar-refractivity contribution >= 4 is 17.9 Å². The lowest BCUT2D eigenvalue weighted by Gasteiger charge is -2.26. The largest absolute Gasteiger partial charge is 0.461 e. The molecule has 2 aliphatic heterocycles. The number of rotatable bonds is 50. The van der Waals surface area contributed by atoms with Crippen molar-refractivity contribution in [1.82, 2.24) is 60.0 Å². The summed E-state index contributed by atoms with van der Waals surface area (Å²) in [5.74, 6) is -1.14. The van der Waals surface area contributed by atoms with E-state index in [0.717, 1.165) is 197 Å². The molecule has 3 aromatic rings. The summed E-state index contributed by atoms with van der Waals surface area (Å²) >= 11 is 0. The molecule has 0 spiro atoms. The fourth-order valence-corrected chi connectivity index (χ4v) is 11.4. The highest BCUT2D eigenvalue weighted by Gasteiger charge is 2.48. The maximum atomic E-state index is 14.7. The first kappa shape index (κ1) is 73.2. The van der Waals surface area contributed by atoms with Crippen LogP contribution in [0.1, 0.15) is 252 Å². The Labute approximate surface area is 524 Å². The van der Waals surface area contributed by atoms with Crippen LogP contribution in [-0.2, 0) is 69.0 Å².